The van der Waals surface area contributed by atoms with Gasteiger partial charge in [0.1, 0.15) is 6.10 Å². The standard InChI is InChI=1S/C29H33NO5S/c1-18-14-16-22(17-15-18)36(33,34)30-26-23-12-6-10-20-11-7-13-24(25(20)23)28(26)35-29(32)19(2)27(31)21-8-4-3-5-9-21/h6-7,10-17,19,21,26-28,30-31H,3-5,8-9H2,1-2H3/t19-,26-,27+,28+/m1/s1. The average molecular weight is 508 g/mol. The van der Waals surface area contributed by atoms with Crippen molar-refractivity contribution < 1.29 is 23.1 Å². The number of hydrogen-bond acceptors (Lipinski definition) is 5. The van der Waals surface area contributed by atoms with Crippen LogP contribution in [0.2, 0.25) is 0 Å². The molecule has 0 aromatic heterocycles. The Hall–Kier alpha value is -2.74. The minimum Gasteiger partial charge on any atom is -0.455 e. The number of aryl methyl sites for hydroxylation is 1. The van der Waals surface area contributed by atoms with Crippen LogP contribution in [0, 0.1) is 18.8 Å². The molecule has 1 fully saturated rings. The van der Waals surface area contributed by atoms with E-state index in [0.717, 1.165) is 59.6 Å². The molecule has 6 nitrogen and oxygen atoms in total. The molecule has 0 heterocycles. The van der Waals surface area contributed by atoms with E-state index in [1.807, 2.05) is 43.3 Å². The molecule has 0 amide bonds. The molecule has 0 bridgehead atoms. The van der Waals surface area contributed by atoms with E-state index in [1.54, 1.807) is 31.2 Å². The van der Waals surface area contributed by atoms with Crippen LogP contribution in [0.3, 0.4) is 0 Å². The number of aliphatic hydroxyl groups excluding tert-OH is 1. The summed E-state index contributed by atoms with van der Waals surface area (Å²) >= 11 is 0. The largest absolute Gasteiger partial charge is 0.455 e. The molecule has 5 rings (SSSR count). The van der Waals surface area contributed by atoms with Crippen molar-refractivity contribution in [1.82, 2.24) is 4.72 Å². The molecular weight excluding hydrogens is 474 g/mol. The Morgan fingerprint density at radius 3 is 2.28 bits per heavy atom. The lowest BCUT2D eigenvalue weighted by Crippen LogP contribution is -2.37. The molecule has 36 heavy (non-hydrogen) atoms. The van der Waals surface area contributed by atoms with E-state index in [0.29, 0.717) is 0 Å². The zero-order valence-electron chi connectivity index (χ0n) is 20.7. The Morgan fingerprint density at radius 1 is 0.972 bits per heavy atom. The molecule has 0 unspecified atom stereocenters. The number of aliphatic hydroxyl groups is 1. The molecule has 2 aliphatic rings. The molecule has 0 radical (unpaired) electrons. The summed E-state index contributed by atoms with van der Waals surface area (Å²) in [7, 11) is -3.89. The fraction of sp³-hybridized carbons (Fsp3) is 0.414. The van der Waals surface area contributed by atoms with Crippen LogP contribution in [0.1, 0.15) is 67.9 Å². The Labute approximate surface area is 212 Å². The van der Waals surface area contributed by atoms with Gasteiger partial charge in [0.15, 0.2) is 0 Å². The molecule has 3 aromatic rings. The van der Waals surface area contributed by atoms with Gasteiger partial charge >= 0.3 is 5.97 Å². The number of nitrogens with one attached hydrogen (secondary N) is 1. The van der Waals surface area contributed by atoms with Gasteiger partial charge in [-0.2, -0.15) is 4.72 Å². The third-order valence-corrected chi connectivity index (χ3v) is 9.24. The van der Waals surface area contributed by atoms with Gasteiger partial charge in [-0.15, -0.1) is 0 Å². The van der Waals surface area contributed by atoms with Crippen LogP contribution in [-0.2, 0) is 19.6 Å². The minimum absolute atomic E-state index is 0.0846. The van der Waals surface area contributed by atoms with Gasteiger partial charge in [-0.1, -0.05) is 73.4 Å². The highest BCUT2D eigenvalue weighted by molar-refractivity contribution is 7.89. The molecule has 3 aromatic carbocycles. The summed E-state index contributed by atoms with van der Waals surface area (Å²) in [4.78, 5) is 13.5. The molecule has 2 N–H and O–H groups in total. The molecule has 190 valence electrons. The molecule has 1 saturated carbocycles. The first-order valence-corrected chi connectivity index (χ1v) is 14.2. The van der Waals surface area contributed by atoms with Crippen LogP contribution >= 0.6 is 0 Å². The van der Waals surface area contributed by atoms with Crippen molar-refractivity contribution in [2.45, 2.75) is 69.1 Å². The lowest BCUT2D eigenvalue weighted by atomic mass is 9.81. The third-order valence-electron chi connectivity index (χ3n) is 7.79. The molecule has 4 atom stereocenters. The van der Waals surface area contributed by atoms with Crippen molar-refractivity contribution in [3.63, 3.8) is 0 Å². The monoisotopic (exact) mass is 507 g/mol. The lowest BCUT2D eigenvalue weighted by Gasteiger charge is -2.31. The van der Waals surface area contributed by atoms with E-state index in [2.05, 4.69) is 4.72 Å². The number of carbonyl (C=O) groups excluding carboxylic acids is 1. The van der Waals surface area contributed by atoms with Crippen molar-refractivity contribution in [2.75, 3.05) is 0 Å². The summed E-state index contributed by atoms with van der Waals surface area (Å²) in [6.45, 7) is 3.60. The number of rotatable bonds is 7. The highest BCUT2D eigenvalue weighted by Crippen LogP contribution is 2.47. The number of hydrogen-bond donors (Lipinski definition) is 2. The van der Waals surface area contributed by atoms with Gasteiger partial charge in [-0.05, 0) is 61.1 Å². The number of ether oxygens (including phenoxy) is 1. The van der Waals surface area contributed by atoms with Gasteiger partial charge < -0.3 is 9.84 Å². The first-order chi connectivity index (χ1) is 17.3. The van der Waals surface area contributed by atoms with Crippen LogP contribution in [0.4, 0.5) is 0 Å². The Bertz CT molecular complexity index is 1360. The van der Waals surface area contributed by atoms with Gasteiger partial charge in [0.05, 0.1) is 23.0 Å². The topological polar surface area (TPSA) is 92.7 Å². The van der Waals surface area contributed by atoms with E-state index in [1.165, 1.54) is 0 Å². The average Bonchev–Trinajstić information content (AvgIpc) is 3.17. The summed E-state index contributed by atoms with van der Waals surface area (Å²) in [6, 6.07) is 17.3. The highest BCUT2D eigenvalue weighted by atomic mass is 32.2. The van der Waals surface area contributed by atoms with Crippen LogP contribution < -0.4 is 4.72 Å². The maximum Gasteiger partial charge on any atom is 0.311 e. The Kier molecular flexibility index (Phi) is 6.90. The molecular formula is C29H33NO5S. The molecule has 0 spiro atoms. The van der Waals surface area contributed by atoms with Gasteiger partial charge in [0, 0.05) is 5.56 Å². The second-order valence-corrected chi connectivity index (χ2v) is 12.0. The van der Waals surface area contributed by atoms with Gasteiger partial charge in [0.25, 0.3) is 0 Å². The number of carbonyl (C=O) groups is 1. The zero-order chi connectivity index (χ0) is 25.4. The van der Waals surface area contributed by atoms with Crippen molar-refractivity contribution in [2.24, 2.45) is 11.8 Å². The van der Waals surface area contributed by atoms with Crippen LogP contribution in [0.5, 0.6) is 0 Å². The quantitative estimate of drug-likeness (QED) is 0.421. The first-order valence-electron chi connectivity index (χ1n) is 12.8. The number of esters is 1. The maximum atomic E-state index is 13.4. The van der Waals surface area contributed by atoms with Gasteiger partial charge in [-0.25, -0.2) is 8.42 Å². The highest BCUT2D eigenvalue weighted by Gasteiger charge is 2.41. The van der Waals surface area contributed by atoms with Crippen molar-refractivity contribution in [3.05, 3.63) is 77.4 Å². The first kappa shape index (κ1) is 24.9. The zero-order valence-corrected chi connectivity index (χ0v) is 21.5. The van der Waals surface area contributed by atoms with Crippen LogP contribution in [0.15, 0.2) is 65.6 Å². The van der Waals surface area contributed by atoms with Crippen LogP contribution in [-0.4, -0.2) is 25.6 Å². The van der Waals surface area contributed by atoms with E-state index in [9.17, 15) is 18.3 Å². The summed E-state index contributed by atoms with van der Waals surface area (Å²) in [5.74, 6) is -1.13. The van der Waals surface area contributed by atoms with E-state index in [-0.39, 0.29) is 10.8 Å². The van der Waals surface area contributed by atoms with E-state index < -0.39 is 40.2 Å². The minimum atomic E-state index is -3.89. The SMILES string of the molecule is Cc1ccc(S(=O)(=O)N[C@@H]2c3cccc4cccc(c34)[C@@H]2OC(=O)[C@H](C)[C@H](O)C2CCCCC2)cc1. The van der Waals surface area contributed by atoms with E-state index in [4.69, 9.17) is 4.74 Å². The molecule has 0 saturated heterocycles. The number of sulfonamides is 1. The summed E-state index contributed by atoms with van der Waals surface area (Å²) in [5.41, 5.74) is 2.51. The Morgan fingerprint density at radius 2 is 1.61 bits per heavy atom. The molecule has 0 aliphatic heterocycles. The maximum absolute atomic E-state index is 13.4. The smallest absolute Gasteiger partial charge is 0.311 e. The van der Waals surface area contributed by atoms with Gasteiger partial charge in [-0.3, -0.25) is 4.79 Å². The summed E-state index contributed by atoms with van der Waals surface area (Å²) in [5, 5.41) is 12.8. The predicted octanol–water partition coefficient (Wildman–Crippen LogP) is 5.34. The fourth-order valence-electron chi connectivity index (χ4n) is 5.70. The van der Waals surface area contributed by atoms with Crippen molar-refractivity contribution in [1.29, 1.82) is 0 Å². The fourth-order valence-corrected chi connectivity index (χ4v) is 6.92. The summed E-state index contributed by atoms with van der Waals surface area (Å²) in [6.07, 6.45) is 3.49. The molecule has 2 aliphatic carbocycles. The predicted molar refractivity (Wildman–Crippen MR) is 139 cm³/mol. The number of benzene rings is 3. The Balaban J connectivity index is 1.46. The second kappa shape index (κ2) is 9.96. The van der Waals surface area contributed by atoms with E-state index >= 15 is 0 Å². The van der Waals surface area contributed by atoms with Crippen molar-refractivity contribution >= 4 is 26.8 Å². The normalized spacial score (nSPS) is 21.9. The van der Waals surface area contributed by atoms with Crippen molar-refractivity contribution in [3.8, 4) is 0 Å². The van der Waals surface area contributed by atoms with Crippen LogP contribution in [0.25, 0.3) is 10.8 Å². The lowest BCUT2D eigenvalue weighted by molar-refractivity contribution is -0.160. The molecule has 7 heteroatoms. The van der Waals surface area contributed by atoms with Gasteiger partial charge in [0.2, 0.25) is 10.0 Å². The summed E-state index contributed by atoms with van der Waals surface area (Å²) < 4.78 is 35.6. The second-order valence-electron chi connectivity index (χ2n) is 10.2. The third kappa shape index (κ3) is 4.67.